The van der Waals surface area contributed by atoms with E-state index in [1.807, 2.05) is 0 Å². The monoisotopic (exact) mass is 172 g/mol. The second kappa shape index (κ2) is 4.42. The van der Waals surface area contributed by atoms with Crippen LogP contribution in [-0.4, -0.2) is 37.7 Å². The van der Waals surface area contributed by atoms with Crippen LogP contribution in [0.3, 0.4) is 0 Å². The molecular formula is C8H16N2O2. The van der Waals surface area contributed by atoms with Crippen LogP contribution in [0.25, 0.3) is 0 Å². The van der Waals surface area contributed by atoms with Crippen molar-refractivity contribution in [3.05, 3.63) is 0 Å². The number of hydroxylamine groups is 2. The summed E-state index contributed by atoms with van der Waals surface area (Å²) in [5.74, 6) is 0.0524. The molecule has 1 aliphatic heterocycles. The molecule has 0 saturated carbocycles. The highest BCUT2D eigenvalue weighted by atomic mass is 16.7. The molecule has 0 radical (unpaired) electrons. The number of likely N-dealkylation sites (N-methyl/N-ethyl adjacent to an activating group) is 1. The van der Waals surface area contributed by atoms with Crippen LogP contribution in [0.1, 0.15) is 19.3 Å². The predicted octanol–water partition coefficient (Wildman–Crippen LogP) is 0.148. The normalized spacial score (nSPS) is 25.3. The Morgan fingerprint density at radius 3 is 2.92 bits per heavy atom. The molecule has 0 aromatic rings. The average molecular weight is 172 g/mol. The third-order valence-electron chi connectivity index (χ3n) is 2.24. The van der Waals surface area contributed by atoms with E-state index in [1.54, 1.807) is 19.2 Å². The van der Waals surface area contributed by atoms with Crippen LogP contribution in [0.4, 0.5) is 0 Å². The number of nitrogens with one attached hydrogen (secondary N) is 1. The molecule has 12 heavy (non-hydrogen) atoms. The molecule has 1 aliphatic rings. The topological polar surface area (TPSA) is 41.6 Å². The molecule has 1 amide bonds. The van der Waals surface area contributed by atoms with Crippen molar-refractivity contribution in [2.24, 2.45) is 0 Å². The summed E-state index contributed by atoms with van der Waals surface area (Å²) in [6.45, 7) is 0.856. The van der Waals surface area contributed by atoms with Gasteiger partial charge in [-0.15, -0.1) is 0 Å². The summed E-state index contributed by atoms with van der Waals surface area (Å²) in [5, 5.41) is 4.39. The number of hydrogen-bond donors (Lipinski definition) is 1. The van der Waals surface area contributed by atoms with Crippen LogP contribution in [0.15, 0.2) is 0 Å². The van der Waals surface area contributed by atoms with E-state index in [1.165, 1.54) is 0 Å². The van der Waals surface area contributed by atoms with Gasteiger partial charge in [0.25, 0.3) is 0 Å². The van der Waals surface area contributed by atoms with Gasteiger partial charge >= 0.3 is 0 Å². The van der Waals surface area contributed by atoms with Crippen LogP contribution in [0, 0.1) is 0 Å². The molecular weight excluding hydrogens is 156 g/mol. The lowest BCUT2D eigenvalue weighted by Gasteiger charge is -2.31. The van der Waals surface area contributed by atoms with Crippen molar-refractivity contribution in [2.75, 3.05) is 20.7 Å². The maximum Gasteiger partial charge on any atom is 0.239 e. The Labute approximate surface area is 72.8 Å². The molecule has 1 atom stereocenters. The zero-order chi connectivity index (χ0) is 8.97. The first-order valence-corrected chi connectivity index (χ1v) is 4.32. The van der Waals surface area contributed by atoms with E-state index < -0.39 is 0 Å². The Morgan fingerprint density at radius 1 is 1.58 bits per heavy atom. The van der Waals surface area contributed by atoms with Crippen molar-refractivity contribution in [1.82, 2.24) is 10.4 Å². The van der Waals surface area contributed by atoms with Crippen molar-refractivity contribution in [3.8, 4) is 0 Å². The van der Waals surface area contributed by atoms with Gasteiger partial charge in [-0.3, -0.25) is 4.79 Å². The Bertz CT molecular complexity index is 161. The van der Waals surface area contributed by atoms with Gasteiger partial charge in [-0.25, -0.2) is 0 Å². The molecule has 70 valence electrons. The molecule has 1 rings (SSSR count). The Hall–Kier alpha value is -0.610. The van der Waals surface area contributed by atoms with E-state index in [2.05, 4.69) is 5.32 Å². The lowest BCUT2D eigenvalue weighted by molar-refractivity contribution is -0.182. The SMILES string of the molecule is CNC(=O)C1CCCCN1OC. The molecule has 1 fully saturated rings. The van der Waals surface area contributed by atoms with Gasteiger partial charge in [-0.1, -0.05) is 0 Å². The first-order valence-electron chi connectivity index (χ1n) is 4.32. The van der Waals surface area contributed by atoms with Gasteiger partial charge in [0.2, 0.25) is 5.91 Å². The van der Waals surface area contributed by atoms with Gasteiger partial charge in [-0.2, -0.15) is 5.06 Å². The van der Waals surface area contributed by atoms with Crippen LogP contribution in [0.2, 0.25) is 0 Å². The van der Waals surface area contributed by atoms with Gasteiger partial charge in [0.05, 0.1) is 7.11 Å². The standard InChI is InChI=1S/C8H16N2O2/c1-9-8(11)7-5-3-4-6-10(7)12-2/h7H,3-6H2,1-2H3,(H,9,11). The number of amides is 1. The van der Waals surface area contributed by atoms with Gasteiger partial charge in [0, 0.05) is 13.6 Å². The quantitative estimate of drug-likeness (QED) is 0.644. The molecule has 1 N–H and O–H groups in total. The van der Waals surface area contributed by atoms with E-state index in [0.29, 0.717) is 0 Å². The highest BCUT2D eigenvalue weighted by Gasteiger charge is 2.27. The van der Waals surface area contributed by atoms with E-state index in [-0.39, 0.29) is 11.9 Å². The maximum atomic E-state index is 11.3. The van der Waals surface area contributed by atoms with Gasteiger partial charge in [0.15, 0.2) is 0 Å². The van der Waals surface area contributed by atoms with Crippen molar-refractivity contribution >= 4 is 5.91 Å². The largest absolute Gasteiger partial charge is 0.358 e. The summed E-state index contributed by atoms with van der Waals surface area (Å²) in [5.41, 5.74) is 0. The molecule has 0 aliphatic carbocycles. The number of nitrogens with zero attached hydrogens (tertiary/aromatic N) is 1. The molecule has 4 heteroatoms. The second-order valence-electron chi connectivity index (χ2n) is 2.95. The molecule has 1 unspecified atom stereocenters. The predicted molar refractivity (Wildman–Crippen MR) is 45.4 cm³/mol. The smallest absolute Gasteiger partial charge is 0.239 e. The Morgan fingerprint density at radius 2 is 2.33 bits per heavy atom. The minimum Gasteiger partial charge on any atom is -0.358 e. The summed E-state index contributed by atoms with van der Waals surface area (Å²) >= 11 is 0. The number of piperidine rings is 1. The molecule has 0 bridgehead atoms. The zero-order valence-electron chi connectivity index (χ0n) is 7.67. The fourth-order valence-corrected chi connectivity index (χ4v) is 1.55. The van der Waals surface area contributed by atoms with E-state index in [4.69, 9.17) is 4.84 Å². The highest BCUT2D eigenvalue weighted by Crippen LogP contribution is 2.16. The molecule has 0 aromatic heterocycles. The fourth-order valence-electron chi connectivity index (χ4n) is 1.55. The number of hydrogen-bond acceptors (Lipinski definition) is 3. The van der Waals surface area contributed by atoms with E-state index in [0.717, 1.165) is 25.8 Å². The molecule has 0 aromatic carbocycles. The summed E-state index contributed by atoms with van der Waals surface area (Å²) in [6.07, 6.45) is 3.12. The summed E-state index contributed by atoms with van der Waals surface area (Å²) < 4.78 is 0. The number of carbonyl (C=O) groups excluding carboxylic acids is 1. The van der Waals surface area contributed by atoms with Gasteiger partial charge in [-0.05, 0) is 19.3 Å². The van der Waals surface area contributed by atoms with Gasteiger partial charge in [0.1, 0.15) is 6.04 Å². The molecule has 4 nitrogen and oxygen atoms in total. The summed E-state index contributed by atoms with van der Waals surface area (Å²) in [4.78, 5) is 16.4. The van der Waals surface area contributed by atoms with E-state index >= 15 is 0 Å². The lowest BCUT2D eigenvalue weighted by atomic mass is 10.0. The van der Waals surface area contributed by atoms with Crippen LogP contribution in [-0.2, 0) is 9.63 Å². The van der Waals surface area contributed by atoms with Crippen molar-refractivity contribution < 1.29 is 9.63 Å². The second-order valence-corrected chi connectivity index (χ2v) is 2.95. The van der Waals surface area contributed by atoms with Gasteiger partial charge < -0.3 is 10.2 Å². The minimum atomic E-state index is -0.0891. The Balaban J connectivity index is 2.52. The highest BCUT2D eigenvalue weighted by molar-refractivity contribution is 5.81. The first-order chi connectivity index (χ1) is 5.79. The fraction of sp³-hybridized carbons (Fsp3) is 0.875. The lowest BCUT2D eigenvalue weighted by Crippen LogP contribution is -2.47. The summed E-state index contributed by atoms with van der Waals surface area (Å²) in [6, 6.07) is -0.0891. The average Bonchev–Trinajstić information content (AvgIpc) is 2.16. The molecule has 1 saturated heterocycles. The number of carbonyl (C=O) groups is 1. The number of rotatable bonds is 2. The van der Waals surface area contributed by atoms with Crippen LogP contribution >= 0.6 is 0 Å². The third-order valence-corrected chi connectivity index (χ3v) is 2.24. The van der Waals surface area contributed by atoms with Crippen molar-refractivity contribution in [3.63, 3.8) is 0 Å². The van der Waals surface area contributed by atoms with Crippen LogP contribution in [0.5, 0.6) is 0 Å². The van der Waals surface area contributed by atoms with Crippen molar-refractivity contribution in [2.45, 2.75) is 25.3 Å². The first kappa shape index (κ1) is 9.48. The third kappa shape index (κ3) is 1.95. The molecule has 1 heterocycles. The zero-order valence-corrected chi connectivity index (χ0v) is 7.67. The Kier molecular flexibility index (Phi) is 3.49. The molecule has 0 spiro atoms. The van der Waals surface area contributed by atoms with Crippen LogP contribution < -0.4 is 5.32 Å². The summed E-state index contributed by atoms with van der Waals surface area (Å²) in [7, 11) is 3.27. The minimum absolute atomic E-state index is 0.0524. The van der Waals surface area contributed by atoms with E-state index in [9.17, 15) is 4.79 Å². The maximum absolute atomic E-state index is 11.3. The van der Waals surface area contributed by atoms with Crippen molar-refractivity contribution in [1.29, 1.82) is 0 Å².